The quantitative estimate of drug-likeness (QED) is 0.448. The minimum absolute atomic E-state index is 0.0828. The fraction of sp³-hybridized carbons (Fsp3) is 0.650. The van der Waals surface area contributed by atoms with Crippen LogP contribution in [0.5, 0.6) is 5.88 Å². The standard InChI is InChI=1S/C20H30N4O3/c1-3-26-19(25)17-5-4-10-24(13-17)20(21-2)23-12-16-8-9-22-18(11-16)27-14-15-6-7-15/h8-9,11,15,17H,3-7,10,12-14H2,1-2H3,(H,21,23). The Morgan fingerprint density at radius 2 is 2.26 bits per heavy atom. The van der Waals surface area contributed by atoms with Gasteiger partial charge in [0.05, 0.1) is 19.1 Å². The minimum Gasteiger partial charge on any atom is -0.477 e. The van der Waals surface area contributed by atoms with Crippen LogP contribution in [0.15, 0.2) is 23.3 Å². The largest absolute Gasteiger partial charge is 0.477 e. The van der Waals surface area contributed by atoms with Gasteiger partial charge >= 0.3 is 5.97 Å². The molecule has 1 aromatic heterocycles. The lowest BCUT2D eigenvalue weighted by atomic mass is 9.98. The Balaban J connectivity index is 1.52. The summed E-state index contributed by atoms with van der Waals surface area (Å²) in [7, 11) is 1.77. The molecule has 1 saturated heterocycles. The molecule has 0 amide bonds. The van der Waals surface area contributed by atoms with Gasteiger partial charge in [0, 0.05) is 38.9 Å². The summed E-state index contributed by atoms with van der Waals surface area (Å²) in [6, 6.07) is 3.95. The number of nitrogens with one attached hydrogen (secondary N) is 1. The second kappa shape index (κ2) is 9.58. The van der Waals surface area contributed by atoms with Gasteiger partial charge in [0.15, 0.2) is 5.96 Å². The van der Waals surface area contributed by atoms with Crippen molar-refractivity contribution in [2.24, 2.45) is 16.8 Å². The SMILES string of the molecule is CCOC(=O)C1CCCN(C(=NC)NCc2ccnc(OCC3CC3)c2)C1. The van der Waals surface area contributed by atoms with Crippen LogP contribution in [0.1, 0.15) is 38.2 Å². The normalized spacial score (nSPS) is 20.3. The van der Waals surface area contributed by atoms with Gasteiger partial charge in [0.1, 0.15) is 0 Å². The van der Waals surface area contributed by atoms with Crippen molar-refractivity contribution >= 4 is 11.9 Å². The molecule has 2 fully saturated rings. The number of hydrogen-bond donors (Lipinski definition) is 1. The number of aromatic nitrogens is 1. The number of carbonyl (C=O) groups excluding carboxylic acids is 1. The van der Waals surface area contributed by atoms with E-state index in [0.717, 1.165) is 37.5 Å². The molecule has 0 radical (unpaired) electrons. The highest BCUT2D eigenvalue weighted by Crippen LogP contribution is 2.29. The van der Waals surface area contributed by atoms with Crippen molar-refractivity contribution in [1.29, 1.82) is 0 Å². The lowest BCUT2D eigenvalue weighted by Gasteiger charge is -2.34. The first-order valence-electron chi connectivity index (χ1n) is 9.89. The van der Waals surface area contributed by atoms with Crippen molar-refractivity contribution in [3.05, 3.63) is 23.9 Å². The van der Waals surface area contributed by atoms with E-state index in [1.165, 1.54) is 12.8 Å². The van der Waals surface area contributed by atoms with Crippen molar-refractivity contribution in [3.63, 3.8) is 0 Å². The zero-order valence-electron chi connectivity index (χ0n) is 16.3. The Hall–Kier alpha value is -2.31. The molecule has 2 aliphatic rings. The molecule has 0 spiro atoms. The number of rotatable bonds is 7. The summed E-state index contributed by atoms with van der Waals surface area (Å²) in [4.78, 5) is 22.9. The molecule has 7 heteroatoms. The number of esters is 1. The molecule has 27 heavy (non-hydrogen) atoms. The van der Waals surface area contributed by atoms with Gasteiger partial charge in [-0.15, -0.1) is 0 Å². The van der Waals surface area contributed by atoms with Gasteiger partial charge in [0.2, 0.25) is 5.88 Å². The van der Waals surface area contributed by atoms with E-state index in [1.807, 2.05) is 19.1 Å². The molecule has 148 valence electrons. The molecule has 2 heterocycles. The van der Waals surface area contributed by atoms with Crippen molar-refractivity contribution in [1.82, 2.24) is 15.2 Å². The number of aliphatic imine (C=N–C) groups is 1. The summed E-state index contributed by atoms with van der Waals surface area (Å²) >= 11 is 0. The average Bonchev–Trinajstić information content (AvgIpc) is 3.52. The summed E-state index contributed by atoms with van der Waals surface area (Å²) < 4.78 is 10.9. The fourth-order valence-electron chi connectivity index (χ4n) is 3.26. The van der Waals surface area contributed by atoms with Crippen LogP contribution in [0.25, 0.3) is 0 Å². The van der Waals surface area contributed by atoms with Gasteiger partial charge in [-0.2, -0.15) is 0 Å². The van der Waals surface area contributed by atoms with Crippen LogP contribution in [-0.4, -0.2) is 55.2 Å². The van der Waals surface area contributed by atoms with Crippen molar-refractivity contribution in [2.45, 2.75) is 39.2 Å². The second-order valence-corrected chi connectivity index (χ2v) is 7.19. The van der Waals surface area contributed by atoms with Gasteiger partial charge in [-0.1, -0.05) is 0 Å². The third-order valence-electron chi connectivity index (χ3n) is 4.97. The van der Waals surface area contributed by atoms with Gasteiger partial charge in [-0.25, -0.2) is 4.98 Å². The van der Waals surface area contributed by atoms with E-state index in [0.29, 0.717) is 31.5 Å². The molecular weight excluding hydrogens is 344 g/mol. The Kier molecular flexibility index (Phi) is 6.90. The predicted molar refractivity (Wildman–Crippen MR) is 104 cm³/mol. The van der Waals surface area contributed by atoms with E-state index in [9.17, 15) is 4.79 Å². The maximum Gasteiger partial charge on any atom is 0.310 e. The third kappa shape index (κ3) is 5.84. The number of guanidine groups is 1. The molecule has 7 nitrogen and oxygen atoms in total. The molecule has 3 rings (SSSR count). The minimum atomic E-state index is -0.107. The number of carbonyl (C=O) groups is 1. The Morgan fingerprint density at radius 3 is 3.00 bits per heavy atom. The van der Waals surface area contributed by atoms with Crippen molar-refractivity contribution in [2.75, 3.05) is 33.4 Å². The fourth-order valence-corrected chi connectivity index (χ4v) is 3.26. The molecule has 1 aromatic rings. The number of hydrogen-bond acceptors (Lipinski definition) is 5. The lowest BCUT2D eigenvalue weighted by molar-refractivity contribution is -0.149. The van der Waals surface area contributed by atoms with Crippen LogP contribution in [0, 0.1) is 11.8 Å². The molecule has 1 aliphatic carbocycles. The van der Waals surface area contributed by atoms with Gasteiger partial charge in [-0.3, -0.25) is 9.79 Å². The summed E-state index contributed by atoms with van der Waals surface area (Å²) in [5, 5.41) is 3.39. The first kappa shape index (κ1) is 19.5. The average molecular weight is 374 g/mol. The Labute approximate surface area is 161 Å². The predicted octanol–water partition coefficient (Wildman–Crippen LogP) is 2.22. The van der Waals surface area contributed by atoms with Crippen LogP contribution < -0.4 is 10.1 Å². The molecule has 1 N–H and O–H groups in total. The number of likely N-dealkylation sites (tertiary alicyclic amines) is 1. The van der Waals surface area contributed by atoms with E-state index in [2.05, 4.69) is 20.2 Å². The molecule has 1 atom stereocenters. The summed E-state index contributed by atoms with van der Waals surface area (Å²) in [5.74, 6) is 2.00. The van der Waals surface area contributed by atoms with E-state index < -0.39 is 0 Å². The highest BCUT2D eigenvalue weighted by Gasteiger charge is 2.28. The molecule has 0 bridgehead atoms. The van der Waals surface area contributed by atoms with E-state index in [4.69, 9.17) is 9.47 Å². The van der Waals surface area contributed by atoms with Crippen LogP contribution in [0.2, 0.25) is 0 Å². The summed E-state index contributed by atoms with van der Waals surface area (Å²) in [6.07, 6.45) is 6.14. The molecule has 0 aromatic carbocycles. The highest BCUT2D eigenvalue weighted by molar-refractivity contribution is 5.81. The van der Waals surface area contributed by atoms with E-state index in [1.54, 1.807) is 13.2 Å². The summed E-state index contributed by atoms with van der Waals surface area (Å²) in [5.41, 5.74) is 1.09. The molecule has 1 unspecified atom stereocenters. The van der Waals surface area contributed by atoms with Crippen molar-refractivity contribution < 1.29 is 14.3 Å². The van der Waals surface area contributed by atoms with Gasteiger partial charge < -0.3 is 19.7 Å². The summed E-state index contributed by atoms with van der Waals surface area (Å²) in [6.45, 7) is 5.20. The van der Waals surface area contributed by atoms with Crippen LogP contribution in [-0.2, 0) is 16.1 Å². The number of nitrogens with zero attached hydrogens (tertiary/aromatic N) is 3. The first-order chi connectivity index (χ1) is 13.2. The smallest absolute Gasteiger partial charge is 0.310 e. The number of pyridine rings is 1. The lowest BCUT2D eigenvalue weighted by Crippen LogP contribution is -2.48. The van der Waals surface area contributed by atoms with Crippen LogP contribution >= 0.6 is 0 Å². The van der Waals surface area contributed by atoms with E-state index in [-0.39, 0.29) is 11.9 Å². The Morgan fingerprint density at radius 1 is 1.41 bits per heavy atom. The number of ether oxygens (including phenoxy) is 2. The van der Waals surface area contributed by atoms with E-state index >= 15 is 0 Å². The van der Waals surface area contributed by atoms with Crippen LogP contribution in [0.4, 0.5) is 0 Å². The maximum atomic E-state index is 12.1. The zero-order valence-corrected chi connectivity index (χ0v) is 16.3. The maximum absolute atomic E-state index is 12.1. The number of piperidine rings is 1. The highest BCUT2D eigenvalue weighted by atomic mass is 16.5. The van der Waals surface area contributed by atoms with Gasteiger partial charge in [0.25, 0.3) is 0 Å². The molecular formula is C20H30N4O3. The zero-order chi connectivity index (χ0) is 19.1. The van der Waals surface area contributed by atoms with Crippen LogP contribution in [0.3, 0.4) is 0 Å². The third-order valence-corrected chi connectivity index (χ3v) is 4.97. The van der Waals surface area contributed by atoms with Crippen molar-refractivity contribution in [3.8, 4) is 5.88 Å². The second-order valence-electron chi connectivity index (χ2n) is 7.19. The van der Waals surface area contributed by atoms with Gasteiger partial charge in [-0.05, 0) is 50.2 Å². The topological polar surface area (TPSA) is 76.0 Å². The molecule has 1 saturated carbocycles. The molecule has 1 aliphatic heterocycles. The first-order valence-corrected chi connectivity index (χ1v) is 9.89. The monoisotopic (exact) mass is 374 g/mol. The Bertz CT molecular complexity index is 660.